The number of hydrogen-bond acceptors (Lipinski definition) is 4. The van der Waals surface area contributed by atoms with E-state index in [-0.39, 0.29) is 0 Å². The van der Waals surface area contributed by atoms with Gasteiger partial charge in [-0.05, 0) is 31.9 Å². The highest BCUT2D eigenvalue weighted by Crippen LogP contribution is 2.31. The molecule has 0 aliphatic rings. The minimum atomic E-state index is 0.538. The summed E-state index contributed by atoms with van der Waals surface area (Å²) in [5, 5.41) is 1.13. The molecule has 0 aliphatic heterocycles. The molecular weight excluding hydrogens is 310 g/mol. The van der Waals surface area contributed by atoms with Crippen molar-refractivity contribution in [3.63, 3.8) is 0 Å². The topological polar surface area (TPSA) is 56.5 Å². The Kier molecular flexibility index (Phi) is 3.71. The van der Waals surface area contributed by atoms with Crippen molar-refractivity contribution in [1.82, 2.24) is 24.5 Å². The molecule has 0 unspecified atom stereocenters. The molecule has 0 bridgehead atoms. The van der Waals surface area contributed by atoms with E-state index < -0.39 is 0 Å². The van der Waals surface area contributed by atoms with Crippen LogP contribution in [0.25, 0.3) is 33.3 Å². The number of nitrogens with zero attached hydrogens (tertiary/aromatic N) is 5. The second-order valence-corrected chi connectivity index (χ2v) is 6.91. The SMILES string of the molecule is Cc1cc(-c2nc3ccccc3c3c2ncn3CC(C)C)nc(C)n1. The van der Waals surface area contributed by atoms with Crippen LogP contribution in [0.5, 0.6) is 0 Å². The Balaban J connectivity index is 2.08. The molecule has 3 heterocycles. The summed E-state index contributed by atoms with van der Waals surface area (Å²) in [6.45, 7) is 9.24. The van der Waals surface area contributed by atoms with E-state index >= 15 is 0 Å². The van der Waals surface area contributed by atoms with Gasteiger partial charge in [-0.25, -0.2) is 19.9 Å². The van der Waals surface area contributed by atoms with Gasteiger partial charge in [-0.1, -0.05) is 32.0 Å². The van der Waals surface area contributed by atoms with Crippen LogP contribution in [0.2, 0.25) is 0 Å². The first-order valence-electron chi connectivity index (χ1n) is 8.59. The van der Waals surface area contributed by atoms with Gasteiger partial charge in [0.25, 0.3) is 0 Å². The van der Waals surface area contributed by atoms with Crippen LogP contribution in [0.4, 0.5) is 0 Å². The van der Waals surface area contributed by atoms with Crippen LogP contribution >= 0.6 is 0 Å². The van der Waals surface area contributed by atoms with Crippen molar-refractivity contribution < 1.29 is 0 Å². The highest BCUT2D eigenvalue weighted by molar-refractivity contribution is 6.07. The average molecular weight is 331 g/mol. The first kappa shape index (κ1) is 15.7. The maximum absolute atomic E-state index is 4.88. The number of para-hydroxylation sites is 1. The van der Waals surface area contributed by atoms with Crippen LogP contribution in [0.15, 0.2) is 36.7 Å². The fourth-order valence-electron chi connectivity index (χ4n) is 3.33. The lowest BCUT2D eigenvalue weighted by Gasteiger charge is -2.11. The third-order valence-corrected chi connectivity index (χ3v) is 4.22. The van der Waals surface area contributed by atoms with Crippen molar-refractivity contribution in [2.45, 2.75) is 34.2 Å². The van der Waals surface area contributed by atoms with Gasteiger partial charge < -0.3 is 4.57 Å². The lowest BCUT2D eigenvalue weighted by atomic mass is 10.1. The molecule has 1 aromatic carbocycles. The first-order valence-corrected chi connectivity index (χ1v) is 8.59. The second kappa shape index (κ2) is 5.92. The van der Waals surface area contributed by atoms with Gasteiger partial charge in [0.1, 0.15) is 17.0 Å². The molecule has 0 atom stereocenters. The van der Waals surface area contributed by atoms with Crippen LogP contribution in [0.3, 0.4) is 0 Å². The van der Waals surface area contributed by atoms with Gasteiger partial charge in [0.2, 0.25) is 0 Å². The van der Waals surface area contributed by atoms with Gasteiger partial charge in [-0.2, -0.15) is 0 Å². The fourth-order valence-corrected chi connectivity index (χ4v) is 3.33. The summed E-state index contributed by atoms with van der Waals surface area (Å²) in [5.74, 6) is 1.29. The highest BCUT2D eigenvalue weighted by atomic mass is 15.1. The molecule has 0 spiro atoms. The summed E-state index contributed by atoms with van der Waals surface area (Å²) in [6, 6.07) is 10.2. The number of hydrogen-bond donors (Lipinski definition) is 0. The van der Waals surface area contributed by atoms with Crippen LogP contribution in [0, 0.1) is 19.8 Å². The van der Waals surface area contributed by atoms with Crippen molar-refractivity contribution in [3.8, 4) is 11.4 Å². The summed E-state index contributed by atoms with van der Waals surface area (Å²) in [4.78, 5) is 18.6. The molecule has 0 aliphatic carbocycles. The van der Waals surface area contributed by atoms with E-state index in [9.17, 15) is 0 Å². The molecule has 0 amide bonds. The number of aromatic nitrogens is 5. The molecular formula is C20H21N5. The lowest BCUT2D eigenvalue weighted by molar-refractivity contribution is 0.533. The molecule has 5 heteroatoms. The third kappa shape index (κ3) is 2.76. The summed E-state index contributed by atoms with van der Waals surface area (Å²) >= 11 is 0. The Hall–Kier alpha value is -2.82. The molecule has 0 saturated heterocycles. The summed E-state index contributed by atoms with van der Waals surface area (Å²) in [5.41, 5.74) is 5.58. The second-order valence-electron chi connectivity index (χ2n) is 6.91. The van der Waals surface area contributed by atoms with Crippen LogP contribution < -0.4 is 0 Å². The predicted octanol–water partition coefficient (Wildman–Crippen LogP) is 4.31. The number of pyridine rings is 1. The summed E-state index contributed by atoms with van der Waals surface area (Å²) in [7, 11) is 0. The molecule has 4 rings (SSSR count). The Labute approximate surface area is 146 Å². The zero-order valence-corrected chi connectivity index (χ0v) is 15.0. The molecule has 0 saturated carbocycles. The lowest BCUT2D eigenvalue weighted by Crippen LogP contribution is -2.03. The zero-order valence-electron chi connectivity index (χ0n) is 15.0. The Bertz CT molecular complexity index is 1060. The molecule has 3 aromatic heterocycles. The van der Waals surface area contributed by atoms with Crippen LogP contribution in [0.1, 0.15) is 25.4 Å². The van der Waals surface area contributed by atoms with E-state index in [1.165, 1.54) is 0 Å². The van der Waals surface area contributed by atoms with Crippen molar-refractivity contribution in [2.75, 3.05) is 0 Å². The van der Waals surface area contributed by atoms with Gasteiger partial charge >= 0.3 is 0 Å². The quantitative estimate of drug-likeness (QED) is 0.561. The Morgan fingerprint density at radius 2 is 1.84 bits per heavy atom. The third-order valence-electron chi connectivity index (χ3n) is 4.22. The number of rotatable bonds is 3. The first-order chi connectivity index (χ1) is 12.0. The number of benzene rings is 1. The van der Waals surface area contributed by atoms with Gasteiger partial charge in [0.05, 0.1) is 23.1 Å². The average Bonchev–Trinajstić information content (AvgIpc) is 2.96. The molecule has 126 valence electrons. The zero-order chi connectivity index (χ0) is 17.6. The van der Waals surface area contributed by atoms with E-state index in [0.717, 1.165) is 51.4 Å². The predicted molar refractivity (Wildman–Crippen MR) is 100 cm³/mol. The molecule has 25 heavy (non-hydrogen) atoms. The maximum atomic E-state index is 4.88. The fraction of sp³-hybridized carbons (Fsp3) is 0.300. The highest BCUT2D eigenvalue weighted by Gasteiger charge is 2.17. The molecule has 0 fully saturated rings. The Morgan fingerprint density at radius 3 is 2.60 bits per heavy atom. The smallest absolute Gasteiger partial charge is 0.126 e. The van der Waals surface area contributed by atoms with Crippen molar-refractivity contribution in [3.05, 3.63) is 48.2 Å². The van der Waals surface area contributed by atoms with E-state index in [1.54, 1.807) is 0 Å². The van der Waals surface area contributed by atoms with Crippen molar-refractivity contribution in [2.24, 2.45) is 5.92 Å². The molecule has 0 N–H and O–H groups in total. The van der Waals surface area contributed by atoms with Gasteiger partial charge in [0, 0.05) is 17.6 Å². The van der Waals surface area contributed by atoms with Crippen LogP contribution in [-0.2, 0) is 6.54 Å². The van der Waals surface area contributed by atoms with E-state index in [1.807, 2.05) is 38.4 Å². The largest absolute Gasteiger partial charge is 0.330 e. The minimum absolute atomic E-state index is 0.538. The van der Waals surface area contributed by atoms with E-state index in [0.29, 0.717) is 5.92 Å². The normalized spacial score (nSPS) is 11.7. The summed E-state index contributed by atoms with van der Waals surface area (Å²) < 4.78 is 2.23. The van der Waals surface area contributed by atoms with Crippen molar-refractivity contribution >= 4 is 21.9 Å². The number of aryl methyl sites for hydroxylation is 2. The minimum Gasteiger partial charge on any atom is -0.330 e. The van der Waals surface area contributed by atoms with Crippen molar-refractivity contribution in [1.29, 1.82) is 0 Å². The molecule has 5 nitrogen and oxygen atoms in total. The van der Waals surface area contributed by atoms with Gasteiger partial charge in [-0.15, -0.1) is 0 Å². The molecule has 4 aromatic rings. The Morgan fingerprint density at radius 1 is 1.04 bits per heavy atom. The molecule has 0 radical (unpaired) electrons. The number of imidazole rings is 1. The van der Waals surface area contributed by atoms with Gasteiger partial charge in [-0.3, -0.25) is 0 Å². The van der Waals surface area contributed by atoms with E-state index in [4.69, 9.17) is 9.97 Å². The number of fused-ring (bicyclic) bond motifs is 3. The summed E-state index contributed by atoms with van der Waals surface area (Å²) in [6.07, 6.45) is 1.92. The van der Waals surface area contributed by atoms with Crippen LogP contribution in [-0.4, -0.2) is 24.5 Å². The van der Waals surface area contributed by atoms with E-state index in [2.05, 4.69) is 40.5 Å². The standard InChI is InChI=1S/C20H21N5/c1-12(2)10-25-11-21-19-18(17-9-13(3)22-14(4)23-17)24-16-8-6-5-7-15(16)20(19)25/h5-9,11-12H,10H2,1-4H3. The monoisotopic (exact) mass is 331 g/mol. The maximum Gasteiger partial charge on any atom is 0.126 e. The van der Waals surface area contributed by atoms with Gasteiger partial charge in [0.15, 0.2) is 0 Å².